The predicted molar refractivity (Wildman–Crippen MR) is 99.7 cm³/mol. The van der Waals surface area contributed by atoms with Crippen LogP contribution < -0.4 is 5.32 Å². The number of carbonyl (C=O) groups is 2. The number of hydrogen-bond donors (Lipinski definition) is 2. The molecule has 1 atom stereocenters. The van der Waals surface area contributed by atoms with Gasteiger partial charge in [0.15, 0.2) is 0 Å². The van der Waals surface area contributed by atoms with Crippen molar-refractivity contribution in [3.63, 3.8) is 0 Å². The zero-order chi connectivity index (χ0) is 20.0. The lowest BCUT2D eigenvalue weighted by molar-refractivity contribution is 0.0547. The van der Waals surface area contributed by atoms with E-state index in [1.165, 1.54) is 23.1 Å². The Morgan fingerprint density at radius 3 is 2.96 bits per heavy atom. The zero-order valence-corrected chi connectivity index (χ0v) is 15.9. The average molecular weight is 408 g/mol. The quantitative estimate of drug-likeness (QED) is 0.793. The smallest absolute Gasteiger partial charge is 0.322 e. The van der Waals surface area contributed by atoms with Crippen molar-refractivity contribution < 1.29 is 19.1 Å². The van der Waals surface area contributed by atoms with Crippen LogP contribution in [0.5, 0.6) is 0 Å². The molecule has 148 valence electrons. The number of likely N-dealkylation sites (N-methyl/N-ethyl adjacent to an activating group) is 1. The average Bonchev–Trinajstić information content (AvgIpc) is 3.05. The third-order valence-electron chi connectivity index (χ3n) is 5.22. The second kappa shape index (κ2) is 7.06. The highest BCUT2D eigenvalue weighted by atomic mass is 35.5. The van der Waals surface area contributed by atoms with Crippen LogP contribution in [-0.4, -0.2) is 62.9 Å². The Morgan fingerprint density at radius 2 is 2.25 bits per heavy atom. The fraction of sp³-hybridized carbons (Fsp3) is 0.389. The molecule has 2 N–H and O–H groups in total. The number of halogens is 2. The molecular weight excluding hydrogens is 389 g/mol. The van der Waals surface area contributed by atoms with E-state index in [4.69, 9.17) is 11.6 Å². The monoisotopic (exact) mass is 407 g/mol. The van der Waals surface area contributed by atoms with Gasteiger partial charge in [-0.05, 0) is 18.2 Å². The molecule has 1 aromatic heterocycles. The van der Waals surface area contributed by atoms with Crippen LogP contribution in [0, 0.1) is 5.82 Å². The molecule has 3 heterocycles. The van der Waals surface area contributed by atoms with E-state index < -0.39 is 5.82 Å². The summed E-state index contributed by atoms with van der Waals surface area (Å²) in [5.74, 6) is -0.774. The van der Waals surface area contributed by atoms with Gasteiger partial charge in [-0.25, -0.2) is 9.18 Å². The topological polar surface area (TPSA) is 90.7 Å². The Bertz CT molecular complexity index is 963. The molecule has 2 aliphatic rings. The molecule has 0 aliphatic carbocycles. The molecule has 0 radical (unpaired) electrons. The first-order valence-electron chi connectivity index (χ1n) is 8.86. The van der Waals surface area contributed by atoms with Crippen LogP contribution >= 0.6 is 11.6 Å². The van der Waals surface area contributed by atoms with Gasteiger partial charge in [0, 0.05) is 31.3 Å². The summed E-state index contributed by atoms with van der Waals surface area (Å²) in [7, 11) is 1.65. The minimum Gasteiger partial charge on any atom is -0.394 e. The second-order valence-corrected chi connectivity index (χ2v) is 7.35. The Morgan fingerprint density at radius 1 is 1.46 bits per heavy atom. The van der Waals surface area contributed by atoms with Gasteiger partial charge in [-0.3, -0.25) is 9.48 Å². The molecule has 28 heavy (non-hydrogen) atoms. The van der Waals surface area contributed by atoms with E-state index in [9.17, 15) is 19.1 Å². The summed E-state index contributed by atoms with van der Waals surface area (Å²) in [5.41, 5.74) is 2.38. The lowest BCUT2D eigenvalue weighted by Gasteiger charge is -2.32. The summed E-state index contributed by atoms with van der Waals surface area (Å²) in [4.78, 5) is 28.5. The number of urea groups is 1. The van der Waals surface area contributed by atoms with Crippen molar-refractivity contribution in [1.29, 1.82) is 0 Å². The normalized spacial score (nSPS) is 18.7. The molecule has 3 amide bonds. The van der Waals surface area contributed by atoms with Crippen LogP contribution in [0.3, 0.4) is 0 Å². The number of anilines is 1. The van der Waals surface area contributed by atoms with Gasteiger partial charge in [0.1, 0.15) is 11.5 Å². The SMILES string of the molecule is CN1C(=O)c2c3c(nn2CC1CO)CCN(C(=O)Nc1ccc(F)c(Cl)c1)C3. The number of aromatic nitrogens is 2. The van der Waals surface area contributed by atoms with Gasteiger partial charge < -0.3 is 20.2 Å². The van der Waals surface area contributed by atoms with Crippen molar-refractivity contribution in [1.82, 2.24) is 19.6 Å². The van der Waals surface area contributed by atoms with E-state index in [0.717, 1.165) is 11.3 Å². The summed E-state index contributed by atoms with van der Waals surface area (Å²) < 4.78 is 14.9. The van der Waals surface area contributed by atoms with Gasteiger partial charge in [-0.15, -0.1) is 0 Å². The van der Waals surface area contributed by atoms with Crippen LogP contribution in [0.25, 0.3) is 0 Å². The summed E-state index contributed by atoms with van der Waals surface area (Å²) >= 11 is 5.76. The molecule has 1 unspecified atom stereocenters. The number of amides is 3. The highest BCUT2D eigenvalue weighted by molar-refractivity contribution is 6.31. The zero-order valence-electron chi connectivity index (χ0n) is 15.2. The molecule has 2 aromatic rings. The van der Waals surface area contributed by atoms with Crippen molar-refractivity contribution in [2.24, 2.45) is 0 Å². The van der Waals surface area contributed by atoms with Crippen molar-refractivity contribution in [3.8, 4) is 0 Å². The van der Waals surface area contributed by atoms with Crippen LogP contribution in [0.15, 0.2) is 18.2 Å². The molecule has 0 saturated carbocycles. The molecule has 0 bridgehead atoms. The maximum absolute atomic E-state index is 13.3. The Balaban J connectivity index is 1.55. The number of nitrogens with zero attached hydrogens (tertiary/aromatic N) is 4. The molecule has 0 fully saturated rings. The fourth-order valence-corrected chi connectivity index (χ4v) is 3.76. The molecule has 0 saturated heterocycles. The molecule has 0 spiro atoms. The van der Waals surface area contributed by atoms with Gasteiger partial charge in [0.25, 0.3) is 5.91 Å². The maximum Gasteiger partial charge on any atom is 0.322 e. The molecule has 4 rings (SSSR count). The van der Waals surface area contributed by atoms with Gasteiger partial charge in [0.05, 0.1) is 36.5 Å². The number of rotatable bonds is 2. The first kappa shape index (κ1) is 18.7. The first-order valence-corrected chi connectivity index (χ1v) is 9.24. The highest BCUT2D eigenvalue weighted by Gasteiger charge is 2.37. The third kappa shape index (κ3) is 3.10. The van der Waals surface area contributed by atoms with Gasteiger partial charge >= 0.3 is 6.03 Å². The molecule has 1 aromatic carbocycles. The minimum absolute atomic E-state index is 0.0727. The number of benzene rings is 1. The third-order valence-corrected chi connectivity index (χ3v) is 5.51. The molecule has 10 heteroatoms. The highest BCUT2D eigenvalue weighted by Crippen LogP contribution is 2.28. The largest absolute Gasteiger partial charge is 0.394 e. The number of hydrogen-bond acceptors (Lipinski definition) is 4. The Labute approximate surface area is 165 Å². The summed E-state index contributed by atoms with van der Waals surface area (Å²) in [5, 5.41) is 16.6. The van der Waals surface area contributed by atoms with E-state index in [1.54, 1.807) is 16.6 Å². The maximum atomic E-state index is 13.3. The van der Waals surface area contributed by atoms with Gasteiger partial charge in [-0.2, -0.15) is 5.10 Å². The van der Waals surface area contributed by atoms with E-state index in [2.05, 4.69) is 10.4 Å². The van der Waals surface area contributed by atoms with Gasteiger partial charge in [-0.1, -0.05) is 11.6 Å². The predicted octanol–water partition coefficient (Wildman–Crippen LogP) is 1.71. The lowest BCUT2D eigenvalue weighted by atomic mass is 10.0. The van der Waals surface area contributed by atoms with Gasteiger partial charge in [0.2, 0.25) is 0 Å². The van der Waals surface area contributed by atoms with E-state index >= 15 is 0 Å². The van der Waals surface area contributed by atoms with Crippen molar-refractivity contribution >= 4 is 29.2 Å². The number of carbonyl (C=O) groups excluding carboxylic acids is 2. The Hall–Kier alpha value is -2.65. The Kier molecular flexibility index (Phi) is 4.72. The number of aliphatic hydroxyl groups excluding tert-OH is 1. The van der Waals surface area contributed by atoms with Crippen LogP contribution in [0.4, 0.5) is 14.9 Å². The first-order chi connectivity index (χ1) is 13.4. The summed E-state index contributed by atoms with van der Waals surface area (Å²) in [6.07, 6.45) is 0.522. The summed E-state index contributed by atoms with van der Waals surface area (Å²) in [6, 6.07) is 3.29. The molecule has 8 nitrogen and oxygen atoms in total. The standard InChI is InChI=1S/C18H19ClFN5O3/c1-23-11(9-26)7-25-16(17(23)27)12-8-24(5-4-15(12)22-25)18(28)21-10-2-3-14(20)13(19)6-10/h2-3,6,11,26H,4-5,7-9H2,1H3,(H,21,28). The summed E-state index contributed by atoms with van der Waals surface area (Å²) in [6.45, 7) is 0.967. The van der Waals surface area contributed by atoms with Crippen LogP contribution in [-0.2, 0) is 19.5 Å². The van der Waals surface area contributed by atoms with E-state index in [-0.39, 0.29) is 36.2 Å². The fourth-order valence-electron chi connectivity index (χ4n) is 3.58. The van der Waals surface area contributed by atoms with Crippen molar-refractivity contribution in [2.45, 2.75) is 25.6 Å². The molecule has 2 aliphatic heterocycles. The molecular formula is C18H19ClFN5O3. The van der Waals surface area contributed by atoms with Crippen molar-refractivity contribution in [2.75, 3.05) is 25.5 Å². The number of fused-ring (bicyclic) bond motifs is 3. The second-order valence-electron chi connectivity index (χ2n) is 6.94. The van der Waals surface area contributed by atoms with E-state index in [0.29, 0.717) is 30.9 Å². The number of nitrogens with one attached hydrogen (secondary N) is 1. The lowest BCUT2D eigenvalue weighted by Crippen LogP contribution is -2.48. The van der Waals surface area contributed by atoms with Crippen LogP contribution in [0.1, 0.15) is 21.7 Å². The number of aliphatic hydroxyl groups is 1. The van der Waals surface area contributed by atoms with E-state index in [1.807, 2.05) is 0 Å². The van der Waals surface area contributed by atoms with Crippen molar-refractivity contribution in [3.05, 3.63) is 46.0 Å². The minimum atomic E-state index is -0.558. The van der Waals surface area contributed by atoms with Crippen LogP contribution in [0.2, 0.25) is 5.02 Å².